The highest BCUT2D eigenvalue weighted by atomic mass is 79.9. The third-order valence-electron chi connectivity index (χ3n) is 2.40. The standard InChI is InChI=1S/C10H10BrNO2S/c1-14-10-5-8-6(4-7(10)11)9(13)2-3-12(8)15/h4-5,15H,2-3H2,1H3. The molecule has 1 aromatic carbocycles. The third-order valence-corrected chi connectivity index (χ3v) is 3.43. The number of fused-ring (bicyclic) bond motifs is 1. The first-order chi connectivity index (χ1) is 7.13. The van der Waals surface area contributed by atoms with Gasteiger partial charge in [-0.1, -0.05) is 12.8 Å². The number of halogens is 1. The molecule has 0 bridgehead atoms. The number of methoxy groups -OCH3 is 1. The van der Waals surface area contributed by atoms with Gasteiger partial charge in [-0.15, -0.1) is 0 Å². The molecule has 0 fully saturated rings. The lowest BCUT2D eigenvalue weighted by atomic mass is 10.0. The summed E-state index contributed by atoms with van der Waals surface area (Å²) in [5.41, 5.74) is 1.51. The van der Waals surface area contributed by atoms with Crippen molar-refractivity contribution in [3.05, 3.63) is 22.2 Å². The predicted octanol–water partition coefficient (Wildman–Crippen LogP) is 2.70. The number of thiol groups is 1. The summed E-state index contributed by atoms with van der Waals surface area (Å²) in [5, 5.41) is 0. The van der Waals surface area contributed by atoms with Crippen LogP contribution in [0, 0.1) is 0 Å². The number of Topliss-reactive ketones (excluding diaryl/α,β-unsaturated/α-hetero) is 1. The first-order valence-electron chi connectivity index (χ1n) is 4.50. The normalized spacial score (nSPS) is 15.1. The minimum Gasteiger partial charge on any atom is -0.495 e. The molecule has 3 nitrogen and oxygen atoms in total. The molecule has 0 saturated carbocycles. The average molecular weight is 288 g/mol. The van der Waals surface area contributed by atoms with Crippen LogP contribution in [0.5, 0.6) is 5.75 Å². The van der Waals surface area contributed by atoms with Gasteiger partial charge in [-0.3, -0.25) is 4.79 Å². The van der Waals surface area contributed by atoms with Crippen LogP contribution in [0.2, 0.25) is 0 Å². The van der Waals surface area contributed by atoms with Crippen LogP contribution in [0.15, 0.2) is 16.6 Å². The van der Waals surface area contributed by atoms with Crippen molar-refractivity contribution in [1.29, 1.82) is 0 Å². The average Bonchev–Trinajstić information content (AvgIpc) is 2.23. The van der Waals surface area contributed by atoms with Crippen LogP contribution in [0.25, 0.3) is 0 Å². The second-order valence-corrected chi connectivity index (χ2v) is 4.64. The summed E-state index contributed by atoms with van der Waals surface area (Å²) in [6.07, 6.45) is 0.509. The molecule has 0 amide bonds. The molecule has 1 aromatic rings. The van der Waals surface area contributed by atoms with E-state index in [0.717, 1.165) is 10.2 Å². The quantitative estimate of drug-likeness (QED) is 0.806. The molecule has 0 aromatic heterocycles. The SMILES string of the molecule is COc1cc2c(cc1Br)C(=O)CCN2S. The monoisotopic (exact) mass is 287 g/mol. The first-order valence-corrected chi connectivity index (χ1v) is 5.70. The second kappa shape index (κ2) is 4.06. The Bertz CT molecular complexity index is 422. The molecule has 5 heteroatoms. The number of hydrogen-bond donors (Lipinski definition) is 1. The van der Waals surface area contributed by atoms with Gasteiger partial charge in [0.2, 0.25) is 0 Å². The van der Waals surface area contributed by atoms with Crippen LogP contribution < -0.4 is 9.04 Å². The van der Waals surface area contributed by atoms with Gasteiger partial charge >= 0.3 is 0 Å². The molecule has 0 unspecified atom stereocenters. The van der Waals surface area contributed by atoms with Crippen molar-refractivity contribution in [1.82, 2.24) is 0 Å². The van der Waals surface area contributed by atoms with E-state index < -0.39 is 0 Å². The highest BCUT2D eigenvalue weighted by Gasteiger charge is 2.23. The molecule has 1 aliphatic rings. The minimum atomic E-state index is 0.152. The fraction of sp³-hybridized carbons (Fsp3) is 0.300. The largest absolute Gasteiger partial charge is 0.495 e. The Hall–Kier alpha value is -0.680. The van der Waals surface area contributed by atoms with Crippen molar-refractivity contribution in [3.63, 3.8) is 0 Å². The molecule has 0 atom stereocenters. The maximum absolute atomic E-state index is 11.7. The van der Waals surface area contributed by atoms with Crippen LogP contribution >= 0.6 is 28.7 Å². The van der Waals surface area contributed by atoms with Crippen LogP contribution in [0.4, 0.5) is 5.69 Å². The molecule has 80 valence electrons. The molecule has 0 aliphatic carbocycles. The summed E-state index contributed by atoms with van der Waals surface area (Å²) < 4.78 is 7.74. The Labute approximate surface area is 102 Å². The van der Waals surface area contributed by atoms with E-state index in [1.165, 1.54) is 0 Å². The van der Waals surface area contributed by atoms with Gasteiger partial charge in [0.1, 0.15) is 5.75 Å². The number of carbonyl (C=O) groups excluding carboxylic acids is 1. The molecule has 1 heterocycles. The van der Waals surface area contributed by atoms with Crippen molar-refractivity contribution < 1.29 is 9.53 Å². The predicted molar refractivity (Wildman–Crippen MR) is 66.0 cm³/mol. The Morgan fingerprint density at radius 2 is 2.27 bits per heavy atom. The Balaban J connectivity index is 2.58. The zero-order valence-electron chi connectivity index (χ0n) is 8.16. The number of ketones is 1. The molecule has 2 rings (SSSR count). The fourth-order valence-corrected chi connectivity index (χ4v) is 2.37. The summed E-state index contributed by atoms with van der Waals surface area (Å²) in [5.74, 6) is 0.862. The number of ether oxygens (including phenoxy) is 1. The van der Waals surface area contributed by atoms with Gasteiger partial charge in [-0.25, -0.2) is 0 Å². The Morgan fingerprint density at radius 3 is 2.93 bits per heavy atom. The number of carbonyl (C=O) groups is 1. The third kappa shape index (κ3) is 1.86. The molecule has 1 aliphatic heterocycles. The van der Waals surface area contributed by atoms with E-state index in [4.69, 9.17) is 4.74 Å². The van der Waals surface area contributed by atoms with E-state index in [2.05, 4.69) is 28.7 Å². The van der Waals surface area contributed by atoms with Gasteiger partial charge in [0.15, 0.2) is 5.78 Å². The van der Waals surface area contributed by atoms with E-state index in [1.54, 1.807) is 17.5 Å². The van der Waals surface area contributed by atoms with Gasteiger partial charge in [-0.2, -0.15) is 0 Å². The van der Waals surface area contributed by atoms with E-state index in [1.807, 2.05) is 6.07 Å². The molecule has 0 N–H and O–H groups in total. The van der Waals surface area contributed by atoms with Crippen molar-refractivity contribution in [2.75, 3.05) is 18.0 Å². The van der Waals surface area contributed by atoms with Gasteiger partial charge in [-0.05, 0) is 22.0 Å². The van der Waals surface area contributed by atoms with E-state index in [9.17, 15) is 4.79 Å². The summed E-state index contributed by atoms with van der Waals surface area (Å²) >= 11 is 7.67. The molecule has 0 spiro atoms. The Morgan fingerprint density at radius 1 is 1.53 bits per heavy atom. The van der Waals surface area contributed by atoms with Gasteiger partial charge in [0.05, 0.1) is 17.3 Å². The van der Waals surface area contributed by atoms with E-state index in [0.29, 0.717) is 24.3 Å². The van der Waals surface area contributed by atoms with E-state index in [-0.39, 0.29) is 5.78 Å². The topological polar surface area (TPSA) is 29.5 Å². The van der Waals surface area contributed by atoms with E-state index >= 15 is 0 Å². The maximum Gasteiger partial charge on any atom is 0.166 e. The number of anilines is 1. The number of benzene rings is 1. The summed E-state index contributed by atoms with van der Waals surface area (Å²) in [7, 11) is 1.60. The first kappa shape index (κ1) is 10.8. The fourth-order valence-electron chi connectivity index (χ4n) is 1.60. The molecule has 0 radical (unpaired) electrons. The van der Waals surface area contributed by atoms with Gasteiger partial charge in [0.25, 0.3) is 0 Å². The maximum atomic E-state index is 11.7. The molecule has 15 heavy (non-hydrogen) atoms. The zero-order valence-corrected chi connectivity index (χ0v) is 10.6. The highest BCUT2D eigenvalue weighted by Crippen LogP contribution is 2.36. The Kier molecular flexibility index (Phi) is 2.93. The van der Waals surface area contributed by atoms with Crippen LogP contribution in [0.1, 0.15) is 16.8 Å². The summed E-state index contributed by atoms with van der Waals surface area (Å²) in [4.78, 5) is 11.7. The zero-order chi connectivity index (χ0) is 11.0. The number of hydrogen-bond acceptors (Lipinski definition) is 4. The van der Waals surface area contributed by atoms with Crippen LogP contribution in [0.3, 0.4) is 0 Å². The summed E-state index contributed by atoms with van der Waals surface area (Å²) in [6, 6.07) is 3.61. The number of nitrogens with zero attached hydrogens (tertiary/aromatic N) is 1. The van der Waals surface area contributed by atoms with Crippen molar-refractivity contribution in [2.45, 2.75) is 6.42 Å². The lowest BCUT2D eigenvalue weighted by Gasteiger charge is -2.25. The molecule has 0 saturated heterocycles. The minimum absolute atomic E-state index is 0.152. The smallest absolute Gasteiger partial charge is 0.166 e. The lowest BCUT2D eigenvalue weighted by molar-refractivity contribution is 0.0982. The van der Waals surface area contributed by atoms with Crippen LogP contribution in [-0.4, -0.2) is 19.4 Å². The van der Waals surface area contributed by atoms with Crippen molar-refractivity contribution in [2.24, 2.45) is 0 Å². The lowest BCUT2D eigenvalue weighted by Crippen LogP contribution is -2.24. The number of rotatable bonds is 1. The van der Waals surface area contributed by atoms with Crippen molar-refractivity contribution in [3.8, 4) is 5.75 Å². The molecular weight excluding hydrogens is 278 g/mol. The molecular formula is C10H10BrNO2S. The van der Waals surface area contributed by atoms with Gasteiger partial charge in [0, 0.05) is 24.6 Å². The van der Waals surface area contributed by atoms with Gasteiger partial charge < -0.3 is 9.04 Å². The van der Waals surface area contributed by atoms with Crippen molar-refractivity contribution >= 4 is 40.2 Å². The second-order valence-electron chi connectivity index (χ2n) is 3.30. The summed E-state index contributed by atoms with van der Waals surface area (Å²) in [6.45, 7) is 0.639. The van der Waals surface area contributed by atoms with Crippen LogP contribution in [-0.2, 0) is 0 Å². The highest BCUT2D eigenvalue weighted by molar-refractivity contribution is 9.10.